The number of rotatable bonds is 12. The molecule has 0 unspecified atom stereocenters. The molecule has 0 amide bonds. The van der Waals surface area contributed by atoms with Crippen LogP contribution in [0.5, 0.6) is 11.5 Å². The summed E-state index contributed by atoms with van der Waals surface area (Å²) in [7, 11) is 1.97. The molecule has 0 fully saturated rings. The number of likely N-dealkylation sites (N-methyl/N-ethyl adjacent to an activating group) is 1. The number of nitrogens with zero attached hydrogens (tertiary/aromatic N) is 1. The average molecular weight is 427 g/mol. The zero-order valence-electron chi connectivity index (χ0n) is 19.6. The van der Waals surface area contributed by atoms with Gasteiger partial charge in [-0.05, 0) is 89.5 Å². The smallest absolute Gasteiger partial charge is 0.185 e. The van der Waals surface area contributed by atoms with Gasteiger partial charge in [-0.3, -0.25) is 4.99 Å². The largest absolute Gasteiger partial charge is 0.488 e. The van der Waals surface area contributed by atoms with Crippen molar-refractivity contribution in [2.24, 2.45) is 16.5 Å². The third-order valence-electron chi connectivity index (χ3n) is 4.84. The van der Waals surface area contributed by atoms with Crippen LogP contribution in [0.2, 0.25) is 0 Å². The first kappa shape index (κ1) is 24.5. The second-order valence-corrected chi connectivity index (χ2v) is 9.10. The van der Waals surface area contributed by atoms with Crippen LogP contribution >= 0.6 is 0 Å². The van der Waals surface area contributed by atoms with Gasteiger partial charge in [0.2, 0.25) is 0 Å². The predicted octanol–water partition coefficient (Wildman–Crippen LogP) is 3.67. The minimum atomic E-state index is -0.393. The molecule has 0 saturated carbocycles. The summed E-state index contributed by atoms with van der Waals surface area (Å²) < 4.78 is 12.6. The van der Waals surface area contributed by atoms with Gasteiger partial charge in [-0.1, -0.05) is 24.3 Å². The molecule has 31 heavy (non-hydrogen) atoms. The van der Waals surface area contributed by atoms with E-state index in [1.165, 1.54) is 5.56 Å². The van der Waals surface area contributed by atoms with Crippen LogP contribution in [0.4, 0.5) is 0 Å². The van der Waals surface area contributed by atoms with Crippen molar-refractivity contribution in [2.45, 2.75) is 58.2 Å². The number of benzene rings is 2. The van der Waals surface area contributed by atoms with Crippen molar-refractivity contribution in [1.29, 1.82) is 0 Å². The van der Waals surface area contributed by atoms with Crippen molar-refractivity contribution in [1.82, 2.24) is 5.32 Å². The second-order valence-electron chi connectivity index (χ2n) is 9.10. The molecule has 0 radical (unpaired) electrons. The molecule has 0 bridgehead atoms. The molecular formula is C25H38N4O2. The molecule has 0 aliphatic carbocycles. The lowest BCUT2D eigenvalue weighted by molar-refractivity contribution is 0.00503. The van der Waals surface area contributed by atoms with Crippen molar-refractivity contribution in [2.75, 3.05) is 20.1 Å². The lowest BCUT2D eigenvalue weighted by Gasteiger charge is -2.35. The Labute approximate surface area is 187 Å². The Morgan fingerprint density at radius 3 is 1.68 bits per heavy atom. The van der Waals surface area contributed by atoms with Crippen molar-refractivity contribution in [3.05, 3.63) is 59.7 Å². The predicted molar refractivity (Wildman–Crippen MR) is 129 cm³/mol. The highest BCUT2D eigenvalue weighted by Crippen LogP contribution is 2.30. The van der Waals surface area contributed by atoms with E-state index in [4.69, 9.17) is 20.9 Å². The molecule has 2 rings (SSSR count). The topological polar surface area (TPSA) is 94.9 Å². The molecule has 0 saturated heterocycles. The van der Waals surface area contributed by atoms with Crippen LogP contribution in [0.3, 0.4) is 0 Å². The van der Waals surface area contributed by atoms with E-state index in [2.05, 4.69) is 50.1 Å². The Balaban J connectivity index is 1.91. The monoisotopic (exact) mass is 426 g/mol. The number of nitrogens with one attached hydrogen (secondary N) is 1. The van der Waals surface area contributed by atoms with E-state index in [0.29, 0.717) is 6.54 Å². The fourth-order valence-electron chi connectivity index (χ4n) is 3.77. The Bertz CT molecular complexity index is 824. The Morgan fingerprint density at radius 1 is 0.806 bits per heavy atom. The lowest BCUT2D eigenvalue weighted by atomic mass is 9.92. The van der Waals surface area contributed by atoms with Crippen LogP contribution in [-0.4, -0.2) is 37.3 Å². The maximum absolute atomic E-state index is 6.29. The fraction of sp³-hybridized carbons (Fsp3) is 0.480. The van der Waals surface area contributed by atoms with Crippen LogP contribution in [0, 0.1) is 0 Å². The van der Waals surface area contributed by atoms with E-state index in [1.54, 1.807) is 0 Å². The van der Waals surface area contributed by atoms with Gasteiger partial charge in [0.1, 0.15) is 22.7 Å². The molecule has 6 heteroatoms. The zero-order chi connectivity index (χ0) is 22.9. The van der Waals surface area contributed by atoms with Gasteiger partial charge in [0, 0.05) is 13.0 Å². The standard InChI is InChI=1S/C25H38N4O2/c1-24(2,30-21-10-6-19(7-11-21)14-16-28-5)18-25(3,4)31-22-12-8-20(9-13-22)15-17-29-23(26)27/h6-13,28H,14-18H2,1-5H3,(H4,26,27,29). The SMILES string of the molecule is CNCCc1ccc(OC(C)(C)CC(C)(C)Oc2ccc(CCN=C(N)N)cc2)cc1. The number of hydrogen-bond donors (Lipinski definition) is 3. The van der Waals surface area contributed by atoms with E-state index < -0.39 is 5.60 Å². The summed E-state index contributed by atoms with van der Waals surface area (Å²) >= 11 is 0. The minimum Gasteiger partial charge on any atom is -0.488 e. The van der Waals surface area contributed by atoms with Crippen LogP contribution in [-0.2, 0) is 12.8 Å². The highest BCUT2D eigenvalue weighted by atomic mass is 16.5. The van der Waals surface area contributed by atoms with Crippen molar-refractivity contribution < 1.29 is 9.47 Å². The number of ether oxygens (including phenoxy) is 2. The van der Waals surface area contributed by atoms with Gasteiger partial charge >= 0.3 is 0 Å². The first-order chi connectivity index (χ1) is 14.6. The van der Waals surface area contributed by atoms with E-state index >= 15 is 0 Å². The Hall–Kier alpha value is -2.73. The molecule has 2 aromatic rings. The number of hydrogen-bond acceptors (Lipinski definition) is 4. The van der Waals surface area contributed by atoms with Gasteiger partial charge in [-0.2, -0.15) is 0 Å². The third kappa shape index (κ3) is 9.30. The molecule has 0 spiro atoms. The summed E-state index contributed by atoms with van der Waals surface area (Å²) in [5.74, 6) is 1.83. The summed E-state index contributed by atoms with van der Waals surface area (Å²) in [6, 6.07) is 16.4. The summed E-state index contributed by atoms with van der Waals surface area (Å²) in [6.45, 7) is 9.92. The van der Waals surface area contributed by atoms with Crippen molar-refractivity contribution in [3.8, 4) is 11.5 Å². The zero-order valence-corrected chi connectivity index (χ0v) is 19.6. The summed E-state index contributed by atoms with van der Waals surface area (Å²) in [5, 5.41) is 3.17. The van der Waals surface area contributed by atoms with E-state index in [1.807, 2.05) is 43.4 Å². The molecule has 0 atom stereocenters. The molecule has 6 nitrogen and oxygen atoms in total. The highest BCUT2D eigenvalue weighted by Gasteiger charge is 2.32. The second kappa shape index (κ2) is 11.0. The average Bonchev–Trinajstić information content (AvgIpc) is 2.67. The molecular weight excluding hydrogens is 388 g/mol. The van der Waals surface area contributed by atoms with Gasteiger partial charge in [-0.15, -0.1) is 0 Å². The quantitative estimate of drug-likeness (QED) is 0.356. The Kier molecular flexibility index (Phi) is 8.75. The third-order valence-corrected chi connectivity index (χ3v) is 4.84. The fourth-order valence-corrected chi connectivity index (χ4v) is 3.77. The first-order valence-corrected chi connectivity index (χ1v) is 10.8. The molecule has 0 heterocycles. The Morgan fingerprint density at radius 2 is 1.26 bits per heavy atom. The van der Waals surface area contributed by atoms with E-state index in [9.17, 15) is 0 Å². The summed E-state index contributed by atoms with van der Waals surface area (Å²) in [4.78, 5) is 4.02. The normalized spacial score (nSPS) is 11.8. The van der Waals surface area contributed by atoms with Crippen LogP contribution < -0.4 is 26.3 Å². The van der Waals surface area contributed by atoms with E-state index in [-0.39, 0.29) is 11.6 Å². The maximum Gasteiger partial charge on any atom is 0.185 e. The van der Waals surface area contributed by atoms with Gasteiger partial charge in [0.25, 0.3) is 0 Å². The maximum atomic E-state index is 6.29. The highest BCUT2D eigenvalue weighted by molar-refractivity contribution is 5.75. The first-order valence-electron chi connectivity index (χ1n) is 10.8. The number of guanidine groups is 1. The van der Waals surface area contributed by atoms with Gasteiger partial charge in [-0.25, -0.2) is 0 Å². The molecule has 170 valence electrons. The van der Waals surface area contributed by atoms with Crippen LogP contribution in [0.15, 0.2) is 53.5 Å². The van der Waals surface area contributed by atoms with Gasteiger partial charge in [0.15, 0.2) is 5.96 Å². The summed E-state index contributed by atoms with van der Waals surface area (Å²) in [5.41, 5.74) is 12.4. The summed E-state index contributed by atoms with van der Waals surface area (Å²) in [6.07, 6.45) is 2.53. The molecule has 2 aromatic carbocycles. The number of aliphatic imine (C=N–C) groups is 1. The van der Waals surface area contributed by atoms with Crippen molar-refractivity contribution >= 4 is 5.96 Å². The lowest BCUT2D eigenvalue weighted by Crippen LogP contribution is -2.41. The van der Waals surface area contributed by atoms with Crippen LogP contribution in [0.1, 0.15) is 45.2 Å². The van der Waals surface area contributed by atoms with Gasteiger partial charge in [0.05, 0.1) is 0 Å². The molecule has 0 aliphatic heterocycles. The molecule has 5 N–H and O–H groups in total. The molecule has 0 aromatic heterocycles. The molecule has 0 aliphatic rings. The number of nitrogens with two attached hydrogens (primary N) is 2. The van der Waals surface area contributed by atoms with E-state index in [0.717, 1.165) is 42.9 Å². The minimum absolute atomic E-state index is 0.122. The van der Waals surface area contributed by atoms with Gasteiger partial charge < -0.3 is 26.3 Å². The van der Waals surface area contributed by atoms with Crippen LogP contribution in [0.25, 0.3) is 0 Å². The van der Waals surface area contributed by atoms with Crippen molar-refractivity contribution in [3.63, 3.8) is 0 Å².